The summed E-state index contributed by atoms with van der Waals surface area (Å²) >= 11 is 12.3. The molecule has 3 aromatic rings. The number of rotatable bonds is 6. The molecule has 3 nitrogen and oxygen atoms in total. The molecule has 0 radical (unpaired) electrons. The summed E-state index contributed by atoms with van der Waals surface area (Å²) in [4.78, 5) is 4.29. The van der Waals surface area contributed by atoms with Gasteiger partial charge in [0.05, 0.1) is 29.1 Å². The Balaban J connectivity index is 1.70. The van der Waals surface area contributed by atoms with Gasteiger partial charge >= 0.3 is 0 Å². The van der Waals surface area contributed by atoms with Gasteiger partial charge in [-0.25, -0.2) is 0 Å². The van der Waals surface area contributed by atoms with Crippen molar-refractivity contribution in [2.45, 2.75) is 13.3 Å². The largest absolute Gasteiger partial charge is 0.494 e. The molecule has 24 heavy (non-hydrogen) atoms. The number of halogens is 2. The van der Waals surface area contributed by atoms with Gasteiger partial charge in [0.2, 0.25) is 0 Å². The Morgan fingerprint density at radius 2 is 1.79 bits per heavy atom. The molecule has 0 aliphatic rings. The van der Waals surface area contributed by atoms with E-state index in [2.05, 4.69) is 4.98 Å². The maximum absolute atomic E-state index is 6.29. The molecule has 5 heteroatoms. The summed E-state index contributed by atoms with van der Waals surface area (Å²) in [7, 11) is 0. The van der Waals surface area contributed by atoms with Crippen LogP contribution in [0.3, 0.4) is 0 Å². The molecule has 0 N–H and O–H groups in total. The van der Waals surface area contributed by atoms with Crippen molar-refractivity contribution in [3.63, 3.8) is 0 Å². The highest BCUT2D eigenvalue weighted by Crippen LogP contribution is 2.33. The van der Waals surface area contributed by atoms with Crippen molar-refractivity contribution < 1.29 is 9.47 Å². The van der Waals surface area contributed by atoms with Crippen LogP contribution in [0.25, 0.3) is 10.9 Å². The molecule has 0 bridgehead atoms. The quantitative estimate of drug-likeness (QED) is 0.575. The molecule has 0 aliphatic carbocycles. The normalized spacial score (nSPS) is 10.8. The Hall–Kier alpha value is -1.97. The Bertz CT molecular complexity index is 835. The molecule has 1 aromatic heterocycles. The number of fused-ring (bicyclic) bond motifs is 1. The van der Waals surface area contributed by atoms with E-state index in [1.165, 1.54) is 5.56 Å². The molecule has 0 saturated heterocycles. The minimum atomic E-state index is 0.543. The van der Waals surface area contributed by atoms with Crippen LogP contribution < -0.4 is 9.47 Å². The highest BCUT2D eigenvalue weighted by Gasteiger charge is 2.09. The summed E-state index contributed by atoms with van der Waals surface area (Å²) < 4.78 is 11.4. The number of nitrogens with zero attached hydrogens (tertiary/aromatic N) is 1. The molecule has 0 spiro atoms. The molecular weight excluding hydrogens is 345 g/mol. The average molecular weight is 362 g/mol. The number of benzene rings is 2. The van der Waals surface area contributed by atoms with Crippen molar-refractivity contribution in [1.82, 2.24) is 4.98 Å². The molecule has 2 aromatic carbocycles. The zero-order chi connectivity index (χ0) is 16.9. The zero-order valence-corrected chi connectivity index (χ0v) is 14.8. The van der Waals surface area contributed by atoms with Gasteiger partial charge in [-0.3, -0.25) is 4.98 Å². The fraction of sp³-hybridized carbons (Fsp3) is 0.211. The topological polar surface area (TPSA) is 31.4 Å². The summed E-state index contributed by atoms with van der Waals surface area (Å²) in [5.74, 6) is 1.60. The lowest BCUT2D eigenvalue weighted by Crippen LogP contribution is -2.02. The van der Waals surface area contributed by atoms with E-state index < -0.39 is 0 Å². The Morgan fingerprint density at radius 1 is 1.00 bits per heavy atom. The van der Waals surface area contributed by atoms with Crippen LogP contribution in [-0.2, 0) is 6.42 Å². The number of aromatic nitrogens is 1. The molecule has 0 amide bonds. The second-order valence-electron chi connectivity index (χ2n) is 5.27. The van der Waals surface area contributed by atoms with Crippen molar-refractivity contribution in [2.24, 2.45) is 0 Å². The van der Waals surface area contributed by atoms with Gasteiger partial charge in [0.25, 0.3) is 0 Å². The van der Waals surface area contributed by atoms with E-state index in [-0.39, 0.29) is 0 Å². The monoisotopic (exact) mass is 361 g/mol. The highest BCUT2D eigenvalue weighted by molar-refractivity contribution is 6.38. The van der Waals surface area contributed by atoms with Gasteiger partial charge in [-0.2, -0.15) is 0 Å². The van der Waals surface area contributed by atoms with Gasteiger partial charge in [-0.1, -0.05) is 35.3 Å². The van der Waals surface area contributed by atoms with Crippen LogP contribution in [-0.4, -0.2) is 18.2 Å². The predicted octanol–water partition coefficient (Wildman–Crippen LogP) is 5.56. The maximum atomic E-state index is 6.29. The van der Waals surface area contributed by atoms with Gasteiger partial charge < -0.3 is 9.47 Å². The van der Waals surface area contributed by atoms with Gasteiger partial charge in [0.1, 0.15) is 11.5 Å². The van der Waals surface area contributed by atoms with Crippen LogP contribution in [0, 0.1) is 0 Å². The third kappa shape index (κ3) is 3.92. The first-order valence-corrected chi connectivity index (χ1v) is 8.51. The van der Waals surface area contributed by atoms with E-state index in [9.17, 15) is 0 Å². The maximum Gasteiger partial charge on any atom is 0.131 e. The third-order valence-electron chi connectivity index (χ3n) is 3.60. The second kappa shape index (κ2) is 7.73. The van der Waals surface area contributed by atoms with E-state index >= 15 is 0 Å². The van der Waals surface area contributed by atoms with Crippen molar-refractivity contribution in [1.29, 1.82) is 0 Å². The van der Waals surface area contributed by atoms with Crippen LogP contribution in [0.4, 0.5) is 0 Å². The lowest BCUT2D eigenvalue weighted by molar-refractivity contribution is 0.325. The molecule has 3 rings (SSSR count). The van der Waals surface area contributed by atoms with Crippen LogP contribution in [0.15, 0.2) is 48.7 Å². The standard InChI is InChI=1S/C19H17Cl2NO2/c1-2-23-15-5-3-13(4-6-15)8-10-24-18-7-9-22-17-12-14(20)11-16(21)19(17)18/h3-7,9,11-12H,2,8,10H2,1H3. The fourth-order valence-electron chi connectivity index (χ4n) is 2.49. The van der Waals surface area contributed by atoms with Crippen molar-refractivity contribution >= 4 is 34.1 Å². The minimum absolute atomic E-state index is 0.543. The summed E-state index contributed by atoms with van der Waals surface area (Å²) in [5.41, 5.74) is 1.91. The van der Waals surface area contributed by atoms with Crippen LogP contribution in [0.1, 0.15) is 12.5 Å². The number of hydrogen-bond acceptors (Lipinski definition) is 3. The minimum Gasteiger partial charge on any atom is -0.494 e. The highest BCUT2D eigenvalue weighted by atomic mass is 35.5. The van der Waals surface area contributed by atoms with E-state index in [0.29, 0.717) is 29.0 Å². The first-order valence-electron chi connectivity index (χ1n) is 7.75. The van der Waals surface area contributed by atoms with Gasteiger partial charge in [-0.15, -0.1) is 0 Å². The van der Waals surface area contributed by atoms with Gasteiger partial charge in [0.15, 0.2) is 0 Å². The van der Waals surface area contributed by atoms with Crippen molar-refractivity contribution in [3.05, 3.63) is 64.3 Å². The summed E-state index contributed by atoms with van der Waals surface area (Å²) in [6.45, 7) is 3.19. The van der Waals surface area contributed by atoms with Crippen molar-refractivity contribution in [2.75, 3.05) is 13.2 Å². The molecule has 0 unspecified atom stereocenters. The summed E-state index contributed by atoms with van der Waals surface area (Å²) in [6.07, 6.45) is 2.49. The lowest BCUT2D eigenvalue weighted by atomic mass is 10.1. The SMILES string of the molecule is CCOc1ccc(CCOc2ccnc3cc(Cl)cc(Cl)c23)cc1. The second-order valence-corrected chi connectivity index (χ2v) is 6.11. The number of ether oxygens (including phenoxy) is 2. The Labute approximate surface area is 151 Å². The zero-order valence-electron chi connectivity index (χ0n) is 13.3. The fourth-order valence-corrected chi connectivity index (χ4v) is 3.07. The molecular formula is C19H17Cl2NO2. The average Bonchev–Trinajstić information content (AvgIpc) is 2.56. The van der Waals surface area contributed by atoms with E-state index in [1.807, 2.05) is 37.3 Å². The van der Waals surface area contributed by atoms with E-state index in [1.54, 1.807) is 18.3 Å². The Morgan fingerprint density at radius 3 is 2.54 bits per heavy atom. The molecule has 0 fully saturated rings. The number of pyridine rings is 1. The first kappa shape index (κ1) is 16.9. The molecule has 0 aliphatic heterocycles. The predicted molar refractivity (Wildman–Crippen MR) is 98.6 cm³/mol. The lowest BCUT2D eigenvalue weighted by Gasteiger charge is -2.11. The van der Waals surface area contributed by atoms with E-state index in [0.717, 1.165) is 23.1 Å². The first-order chi connectivity index (χ1) is 11.7. The van der Waals surface area contributed by atoms with Gasteiger partial charge in [0, 0.05) is 17.6 Å². The number of hydrogen-bond donors (Lipinski definition) is 0. The van der Waals surface area contributed by atoms with Crippen LogP contribution >= 0.6 is 23.2 Å². The van der Waals surface area contributed by atoms with Crippen LogP contribution in [0.5, 0.6) is 11.5 Å². The smallest absolute Gasteiger partial charge is 0.131 e. The van der Waals surface area contributed by atoms with Crippen molar-refractivity contribution in [3.8, 4) is 11.5 Å². The summed E-state index contributed by atoms with van der Waals surface area (Å²) in [5, 5.41) is 1.89. The molecule has 124 valence electrons. The molecule has 1 heterocycles. The van der Waals surface area contributed by atoms with E-state index in [4.69, 9.17) is 32.7 Å². The molecule has 0 saturated carbocycles. The van der Waals surface area contributed by atoms with Crippen LogP contribution in [0.2, 0.25) is 10.0 Å². The third-order valence-corrected chi connectivity index (χ3v) is 4.12. The summed E-state index contributed by atoms with van der Waals surface area (Å²) in [6, 6.07) is 13.3. The van der Waals surface area contributed by atoms with Gasteiger partial charge in [-0.05, 0) is 42.8 Å². The Kier molecular flexibility index (Phi) is 5.44. The molecule has 0 atom stereocenters.